The Labute approximate surface area is 144 Å². The summed E-state index contributed by atoms with van der Waals surface area (Å²) in [5, 5.41) is 3.38. The number of carbonyl (C=O) groups excluding carboxylic acids is 1. The number of thiophene rings is 1. The van der Waals surface area contributed by atoms with E-state index in [9.17, 15) is 17.6 Å². The zero-order valence-electron chi connectivity index (χ0n) is 13.5. The first-order valence-electron chi connectivity index (χ1n) is 7.71. The van der Waals surface area contributed by atoms with Crippen molar-refractivity contribution in [3.05, 3.63) is 34.5 Å². The Bertz CT molecular complexity index is 892. The Hall–Kier alpha value is -1.51. The number of nitrogens with one attached hydrogen (secondary N) is 1. The Morgan fingerprint density at radius 1 is 1.42 bits per heavy atom. The molecule has 2 heterocycles. The average Bonchev–Trinajstić information content (AvgIpc) is 2.85. The van der Waals surface area contributed by atoms with Gasteiger partial charge in [-0.25, -0.2) is 17.1 Å². The van der Waals surface area contributed by atoms with Crippen LogP contribution in [-0.4, -0.2) is 44.0 Å². The molecule has 130 valence electrons. The molecule has 1 aliphatic heterocycles. The van der Waals surface area contributed by atoms with Crippen molar-refractivity contribution in [3.8, 4) is 0 Å². The van der Waals surface area contributed by atoms with Gasteiger partial charge in [-0.2, -0.15) is 0 Å². The summed E-state index contributed by atoms with van der Waals surface area (Å²) in [4.78, 5) is 13.1. The average molecular weight is 370 g/mol. The van der Waals surface area contributed by atoms with E-state index in [-0.39, 0.29) is 24.3 Å². The second kappa shape index (κ2) is 6.42. The lowest BCUT2D eigenvalue weighted by atomic mass is 10.1. The number of hydrogen-bond acceptors (Lipinski definition) is 4. The van der Waals surface area contributed by atoms with E-state index < -0.39 is 10.0 Å². The molecule has 1 atom stereocenters. The molecule has 0 unspecified atom stereocenters. The van der Waals surface area contributed by atoms with E-state index in [1.165, 1.54) is 28.0 Å². The highest BCUT2D eigenvalue weighted by Gasteiger charge is 2.28. The maximum atomic E-state index is 14.0. The number of aryl methyl sites for hydroxylation is 1. The summed E-state index contributed by atoms with van der Waals surface area (Å²) < 4.78 is 39.4. The summed E-state index contributed by atoms with van der Waals surface area (Å²) in [6, 6.07) is 4.57. The molecule has 1 saturated heterocycles. The molecule has 0 radical (unpaired) electrons. The molecule has 1 aromatic carbocycles. The Morgan fingerprint density at radius 2 is 2.17 bits per heavy atom. The molecular weight excluding hydrogens is 351 g/mol. The lowest BCUT2D eigenvalue weighted by molar-refractivity contribution is 0.0925. The molecule has 1 amide bonds. The number of hydrogen-bond donors (Lipinski definition) is 1. The van der Waals surface area contributed by atoms with Gasteiger partial charge in [0.2, 0.25) is 10.0 Å². The number of benzene rings is 1. The highest BCUT2D eigenvalue weighted by atomic mass is 32.2. The third-order valence-electron chi connectivity index (χ3n) is 4.30. The van der Waals surface area contributed by atoms with Gasteiger partial charge in [0.1, 0.15) is 5.82 Å². The molecule has 1 aromatic heterocycles. The van der Waals surface area contributed by atoms with Crippen LogP contribution in [0.15, 0.2) is 18.2 Å². The second-order valence-electron chi connectivity index (χ2n) is 6.10. The first kappa shape index (κ1) is 17.3. The van der Waals surface area contributed by atoms with E-state index in [1.54, 1.807) is 19.1 Å². The van der Waals surface area contributed by atoms with Crippen molar-refractivity contribution in [2.45, 2.75) is 25.8 Å². The summed E-state index contributed by atoms with van der Waals surface area (Å²) in [7, 11) is -3.26. The monoisotopic (exact) mass is 370 g/mol. The number of amides is 1. The SMILES string of the molecule is Cc1c(C(=O)N[C@@H]2CCCN(S(C)(=O)=O)C2)sc2cccc(F)c12. The minimum atomic E-state index is -3.26. The maximum absolute atomic E-state index is 14.0. The lowest BCUT2D eigenvalue weighted by Crippen LogP contribution is -2.49. The maximum Gasteiger partial charge on any atom is 0.261 e. The standard InChI is InChI=1S/C16H19FN2O3S2/c1-10-14-12(17)6-3-7-13(14)23-15(10)16(20)18-11-5-4-8-19(9-11)24(2,21)22/h3,6-7,11H,4-5,8-9H2,1-2H3,(H,18,20)/t11-/m1/s1. The fourth-order valence-electron chi connectivity index (χ4n) is 3.08. The third kappa shape index (κ3) is 3.31. The number of halogens is 1. The first-order valence-corrected chi connectivity index (χ1v) is 10.4. The van der Waals surface area contributed by atoms with Crippen LogP contribution in [0.3, 0.4) is 0 Å². The van der Waals surface area contributed by atoms with Crippen LogP contribution in [0, 0.1) is 12.7 Å². The zero-order valence-corrected chi connectivity index (χ0v) is 15.1. The fourth-order valence-corrected chi connectivity index (χ4v) is 5.12. The highest BCUT2D eigenvalue weighted by Crippen LogP contribution is 2.32. The second-order valence-corrected chi connectivity index (χ2v) is 9.14. The third-order valence-corrected chi connectivity index (χ3v) is 6.82. The molecule has 0 bridgehead atoms. The Kier molecular flexibility index (Phi) is 4.63. The number of sulfonamides is 1. The van der Waals surface area contributed by atoms with E-state index >= 15 is 0 Å². The topological polar surface area (TPSA) is 66.5 Å². The molecular formula is C16H19FN2O3S2. The molecule has 5 nitrogen and oxygen atoms in total. The van der Waals surface area contributed by atoms with E-state index in [2.05, 4.69) is 5.32 Å². The van der Waals surface area contributed by atoms with Gasteiger partial charge in [0.25, 0.3) is 5.91 Å². The minimum absolute atomic E-state index is 0.226. The quantitative estimate of drug-likeness (QED) is 0.903. The van der Waals surface area contributed by atoms with Crippen LogP contribution in [0.4, 0.5) is 4.39 Å². The number of rotatable bonds is 3. The van der Waals surface area contributed by atoms with Crippen molar-refractivity contribution in [2.24, 2.45) is 0 Å². The number of fused-ring (bicyclic) bond motifs is 1. The summed E-state index contributed by atoms with van der Waals surface area (Å²) in [6.07, 6.45) is 2.62. The van der Waals surface area contributed by atoms with Crippen molar-refractivity contribution in [1.82, 2.24) is 9.62 Å². The van der Waals surface area contributed by atoms with Gasteiger partial charge in [0.15, 0.2) is 0 Å². The van der Waals surface area contributed by atoms with Crippen LogP contribution in [0.5, 0.6) is 0 Å². The van der Waals surface area contributed by atoms with E-state index in [0.717, 1.165) is 11.1 Å². The van der Waals surface area contributed by atoms with Crippen LogP contribution in [-0.2, 0) is 10.0 Å². The number of piperidine rings is 1. The van der Waals surface area contributed by atoms with Crippen LogP contribution in [0.25, 0.3) is 10.1 Å². The predicted molar refractivity (Wildman–Crippen MR) is 93.4 cm³/mol. The molecule has 2 aromatic rings. The van der Waals surface area contributed by atoms with Crippen molar-refractivity contribution in [3.63, 3.8) is 0 Å². The molecule has 24 heavy (non-hydrogen) atoms. The van der Waals surface area contributed by atoms with Crippen molar-refractivity contribution in [2.75, 3.05) is 19.3 Å². The smallest absolute Gasteiger partial charge is 0.261 e. The van der Waals surface area contributed by atoms with Gasteiger partial charge in [-0.05, 0) is 37.5 Å². The molecule has 0 spiro atoms. The van der Waals surface area contributed by atoms with Gasteiger partial charge in [0.05, 0.1) is 11.1 Å². The van der Waals surface area contributed by atoms with Crippen molar-refractivity contribution < 1.29 is 17.6 Å². The van der Waals surface area contributed by atoms with Crippen LogP contribution >= 0.6 is 11.3 Å². The Balaban J connectivity index is 1.80. The molecule has 3 rings (SSSR count). The van der Waals surface area contributed by atoms with Gasteiger partial charge in [-0.15, -0.1) is 11.3 Å². The van der Waals surface area contributed by atoms with Gasteiger partial charge in [-0.3, -0.25) is 4.79 Å². The van der Waals surface area contributed by atoms with Gasteiger partial charge in [0, 0.05) is 29.2 Å². The number of nitrogens with zero attached hydrogens (tertiary/aromatic N) is 1. The molecule has 0 aliphatic carbocycles. The highest BCUT2D eigenvalue weighted by molar-refractivity contribution is 7.88. The summed E-state index contributed by atoms with van der Waals surface area (Å²) in [6.45, 7) is 2.50. The molecule has 8 heteroatoms. The van der Waals surface area contributed by atoms with Gasteiger partial charge < -0.3 is 5.32 Å². The lowest BCUT2D eigenvalue weighted by Gasteiger charge is -2.31. The van der Waals surface area contributed by atoms with Crippen LogP contribution in [0.2, 0.25) is 0 Å². The largest absolute Gasteiger partial charge is 0.347 e. The molecule has 0 saturated carbocycles. The summed E-state index contributed by atoms with van der Waals surface area (Å²) in [5.74, 6) is -0.602. The normalized spacial score (nSPS) is 19.5. The van der Waals surface area contributed by atoms with E-state index in [1.807, 2.05) is 0 Å². The molecule has 1 fully saturated rings. The van der Waals surface area contributed by atoms with Crippen molar-refractivity contribution in [1.29, 1.82) is 0 Å². The minimum Gasteiger partial charge on any atom is -0.347 e. The van der Waals surface area contributed by atoms with E-state index in [0.29, 0.717) is 28.8 Å². The predicted octanol–water partition coefficient (Wildman–Crippen LogP) is 2.50. The van der Waals surface area contributed by atoms with Crippen LogP contribution < -0.4 is 5.32 Å². The van der Waals surface area contributed by atoms with Crippen LogP contribution in [0.1, 0.15) is 28.1 Å². The summed E-state index contributed by atoms with van der Waals surface area (Å²) >= 11 is 1.26. The first-order chi connectivity index (χ1) is 11.3. The zero-order chi connectivity index (χ0) is 17.5. The Morgan fingerprint density at radius 3 is 2.83 bits per heavy atom. The number of carbonyl (C=O) groups is 1. The fraction of sp³-hybridized carbons (Fsp3) is 0.438. The van der Waals surface area contributed by atoms with E-state index in [4.69, 9.17) is 0 Å². The van der Waals surface area contributed by atoms with Gasteiger partial charge in [-0.1, -0.05) is 6.07 Å². The van der Waals surface area contributed by atoms with Gasteiger partial charge >= 0.3 is 0 Å². The van der Waals surface area contributed by atoms with Crippen molar-refractivity contribution >= 4 is 37.4 Å². The summed E-state index contributed by atoms with van der Waals surface area (Å²) in [5.41, 5.74) is 0.626. The molecule has 1 aliphatic rings. The molecule has 1 N–H and O–H groups in total.